The first-order chi connectivity index (χ1) is 26.6. The van der Waals surface area contributed by atoms with Crippen LogP contribution in [-0.2, 0) is 22.7 Å². The number of carbonyl (C=O) groups excluding carboxylic acids is 5. The molecule has 56 heavy (non-hydrogen) atoms. The molecule has 0 spiro atoms. The second kappa shape index (κ2) is 14.0. The molecule has 4 aliphatic heterocycles. The second-order valence-electron chi connectivity index (χ2n) is 17.0. The van der Waals surface area contributed by atoms with E-state index in [-0.39, 0.29) is 41.7 Å². The van der Waals surface area contributed by atoms with Gasteiger partial charge in [0.1, 0.15) is 17.9 Å². The van der Waals surface area contributed by atoms with E-state index in [9.17, 15) is 24.0 Å². The number of piperidine rings is 2. The van der Waals surface area contributed by atoms with Crippen LogP contribution in [0, 0.1) is 23.3 Å². The largest absolute Gasteiger partial charge is 0.489 e. The molecule has 1 saturated carbocycles. The summed E-state index contributed by atoms with van der Waals surface area (Å²) in [5, 5.41) is 5.88. The fourth-order valence-corrected chi connectivity index (χ4v) is 10.1. The van der Waals surface area contributed by atoms with E-state index in [0.29, 0.717) is 52.2 Å². The zero-order chi connectivity index (χ0) is 39.7. The van der Waals surface area contributed by atoms with Crippen LogP contribution in [0.15, 0.2) is 54.6 Å². The average Bonchev–Trinajstić information content (AvgIpc) is 3.67. The van der Waals surface area contributed by atoms with Crippen molar-refractivity contribution >= 4 is 52.5 Å². The highest BCUT2D eigenvalue weighted by Crippen LogP contribution is 2.55. The molecule has 3 aromatic carbocycles. The van der Waals surface area contributed by atoms with E-state index < -0.39 is 29.7 Å². The van der Waals surface area contributed by atoms with Crippen molar-refractivity contribution in [2.24, 2.45) is 16.7 Å². The smallest absolute Gasteiger partial charge is 0.262 e. The molecule has 290 valence electrons. The molecule has 2 N–H and O–H groups in total. The van der Waals surface area contributed by atoms with E-state index in [1.54, 1.807) is 18.2 Å². The van der Waals surface area contributed by atoms with Gasteiger partial charge < -0.3 is 15.0 Å². The first-order valence-electron chi connectivity index (χ1n) is 19.2. The third-order valence-corrected chi connectivity index (χ3v) is 12.9. The van der Waals surface area contributed by atoms with Crippen molar-refractivity contribution < 1.29 is 28.7 Å². The predicted molar refractivity (Wildman–Crippen MR) is 210 cm³/mol. The maximum Gasteiger partial charge on any atom is 0.262 e. The van der Waals surface area contributed by atoms with Gasteiger partial charge in [-0.25, -0.2) is 4.85 Å². The Morgan fingerprint density at radius 1 is 0.911 bits per heavy atom. The van der Waals surface area contributed by atoms with Crippen LogP contribution < -0.4 is 20.3 Å². The molecule has 1 aliphatic carbocycles. The lowest BCUT2D eigenvalue weighted by Gasteiger charge is -2.63. The van der Waals surface area contributed by atoms with Gasteiger partial charge in [0.25, 0.3) is 17.7 Å². The monoisotopic (exact) mass is 776 g/mol. The van der Waals surface area contributed by atoms with Gasteiger partial charge >= 0.3 is 0 Å². The molecule has 1 atom stereocenters. The minimum atomic E-state index is -0.966. The number of ether oxygens (including phenoxy) is 1. The molecule has 13 heteroatoms. The Balaban J connectivity index is 0.822. The molecule has 0 bridgehead atoms. The van der Waals surface area contributed by atoms with Gasteiger partial charge in [0.2, 0.25) is 17.5 Å². The number of amides is 5. The Morgan fingerprint density at radius 2 is 1.54 bits per heavy atom. The van der Waals surface area contributed by atoms with Crippen molar-refractivity contribution in [3.63, 3.8) is 0 Å². The van der Waals surface area contributed by atoms with Crippen LogP contribution in [0.4, 0.5) is 11.4 Å². The SMILES string of the molecule is [C-]#[N+]c1ccc(OC2C(C)(C)C(NC(=O)c3ccc(N4CCC(CN5Cc6cc7c(cc6C5)C(=O)N([C@H]5CCC(=O)NC5=O)C7=O)CC4)cc3)C2(C)C)cc1Cl. The maximum absolute atomic E-state index is 13.5. The minimum Gasteiger partial charge on any atom is -0.489 e. The van der Waals surface area contributed by atoms with Crippen molar-refractivity contribution in [3.8, 4) is 5.75 Å². The van der Waals surface area contributed by atoms with Crippen LogP contribution in [0.2, 0.25) is 5.02 Å². The Hall–Kier alpha value is -5.25. The molecule has 5 amide bonds. The van der Waals surface area contributed by atoms with Crippen LogP contribution in [0.3, 0.4) is 0 Å². The van der Waals surface area contributed by atoms with Gasteiger partial charge in [-0.1, -0.05) is 45.4 Å². The van der Waals surface area contributed by atoms with Crippen LogP contribution in [0.5, 0.6) is 5.75 Å². The van der Waals surface area contributed by atoms with Gasteiger partial charge in [0.05, 0.1) is 22.7 Å². The highest BCUT2D eigenvalue weighted by molar-refractivity contribution is 6.33. The number of nitrogens with one attached hydrogen (secondary N) is 2. The molecule has 4 heterocycles. The first kappa shape index (κ1) is 37.7. The van der Waals surface area contributed by atoms with Gasteiger partial charge in [-0.3, -0.25) is 39.1 Å². The molecule has 3 aromatic rings. The summed E-state index contributed by atoms with van der Waals surface area (Å²) in [6, 6.07) is 15.5. The maximum atomic E-state index is 13.5. The summed E-state index contributed by atoms with van der Waals surface area (Å²) in [5.41, 5.74) is 4.09. The number of imide groups is 2. The topological polar surface area (TPSA) is 133 Å². The fourth-order valence-electron chi connectivity index (χ4n) is 9.93. The molecule has 8 rings (SSSR count). The van der Waals surface area contributed by atoms with Gasteiger partial charge in [-0.05, 0) is 84.8 Å². The number of fused-ring (bicyclic) bond motifs is 2. The summed E-state index contributed by atoms with van der Waals surface area (Å²) in [5.74, 6) is -0.960. The zero-order valence-corrected chi connectivity index (χ0v) is 32.7. The molecular weight excluding hydrogens is 732 g/mol. The molecular formula is C43H45ClN6O6. The lowest BCUT2D eigenvalue weighted by Crippen LogP contribution is -2.74. The summed E-state index contributed by atoms with van der Waals surface area (Å²) in [6.45, 7) is 19.7. The number of nitrogens with zero attached hydrogens (tertiary/aromatic N) is 4. The normalized spacial score (nSPS) is 24.2. The number of hydrogen-bond acceptors (Lipinski definition) is 8. The Morgan fingerprint density at radius 3 is 2.11 bits per heavy atom. The van der Waals surface area contributed by atoms with Crippen LogP contribution in [-0.4, -0.2) is 77.2 Å². The van der Waals surface area contributed by atoms with E-state index in [2.05, 4.69) is 53.0 Å². The standard InChI is InChI=1S/C43H45ClN6O6/c1-42(2)40(43(3,4)41(42)56-29-10-11-33(45-5)32(44)20-29)47-36(52)25-6-8-28(9-7-25)49-16-14-24(15-17-49)21-48-22-26-18-30-31(19-27(26)23-48)39(55)50(38(30)54)34-12-13-35(51)46-37(34)53/h6-11,18-20,24,34,40-41H,12-17,21-23H2,1-4H3,(H,47,52)(H,46,51,53)/t34-,40?,41?/m0/s1. The fraction of sp³-hybridized carbons (Fsp3) is 0.442. The van der Waals surface area contributed by atoms with E-state index in [1.807, 2.05) is 36.4 Å². The molecule has 2 saturated heterocycles. The summed E-state index contributed by atoms with van der Waals surface area (Å²) in [6.07, 6.45) is 2.10. The summed E-state index contributed by atoms with van der Waals surface area (Å²) in [7, 11) is 0. The van der Waals surface area contributed by atoms with Gasteiger partial charge in [0.15, 0.2) is 0 Å². The molecule has 0 radical (unpaired) electrons. The summed E-state index contributed by atoms with van der Waals surface area (Å²) >= 11 is 6.25. The number of hydrogen-bond donors (Lipinski definition) is 2. The van der Waals surface area contributed by atoms with Crippen LogP contribution in [0.25, 0.3) is 4.85 Å². The van der Waals surface area contributed by atoms with Crippen LogP contribution in [0.1, 0.15) is 95.6 Å². The highest BCUT2D eigenvalue weighted by Gasteiger charge is 2.64. The van der Waals surface area contributed by atoms with Crippen molar-refractivity contribution in [2.45, 2.75) is 84.7 Å². The number of anilines is 1. The number of benzene rings is 3. The van der Waals surface area contributed by atoms with Gasteiger partial charge in [0, 0.05) is 67.3 Å². The molecule has 0 unspecified atom stereocenters. The summed E-state index contributed by atoms with van der Waals surface area (Å²) < 4.78 is 6.38. The highest BCUT2D eigenvalue weighted by atomic mass is 35.5. The quantitative estimate of drug-likeness (QED) is 0.206. The van der Waals surface area contributed by atoms with Gasteiger partial charge in [-0.2, -0.15) is 0 Å². The average molecular weight is 777 g/mol. The third kappa shape index (κ3) is 6.50. The lowest BCUT2D eigenvalue weighted by molar-refractivity contribution is -0.164. The number of rotatable bonds is 8. The van der Waals surface area contributed by atoms with Crippen molar-refractivity contribution in [3.05, 3.63) is 98.9 Å². The molecule has 12 nitrogen and oxygen atoms in total. The Labute approximate surface area is 331 Å². The molecule has 5 aliphatic rings. The second-order valence-corrected chi connectivity index (χ2v) is 17.4. The molecule has 3 fully saturated rings. The van der Waals surface area contributed by atoms with E-state index >= 15 is 0 Å². The van der Waals surface area contributed by atoms with E-state index in [1.165, 1.54) is 0 Å². The van der Waals surface area contributed by atoms with Crippen molar-refractivity contribution in [1.29, 1.82) is 0 Å². The Kier molecular flexibility index (Phi) is 9.45. The number of carbonyl (C=O) groups is 5. The van der Waals surface area contributed by atoms with Crippen molar-refractivity contribution in [2.75, 3.05) is 24.5 Å². The number of halogens is 1. The zero-order valence-electron chi connectivity index (χ0n) is 32.0. The first-order valence-corrected chi connectivity index (χ1v) is 19.6. The minimum absolute atomic E-state index is 0.0941. The summed E-state index contributed by atoms with van der Waals surface area (Å²) in [4.78, 5) is 73.4. The molecule has 0 aromatic heterocycles. The predicted octanol–water partition coefficient (Wildman–Crippen LogP) is 6.14. The van der Waals surface area contributed by atoms with Crippen LogP contribution >= 0.6 is 11.6 Å². The van der Waals surface area contributed by atoms with Crippen molar-refractivity contribution in [1.82, 2.24) is 20.4 Å². The van der Waals surface area contributed by atoms with Gasteiger partial charge in [-0.15, -0.1) is 0 Å². The lowest BCUT2D eigenvalue weighted by atomic mass is 9.49. The van der Waals surface area contributed by atoms with E-state index in [4.69, 9.17) is 22.9 Å². The van der Waals surface area contributed by atoms with E-state index in [0.717, 1.165) is 54.2 Å². The Bertz CT molecular complexity index is 2140. The third-order valence-electron chi connectivity index (χ3n) is 12.6.